The molecule has 1 aromatic carbocycles. The number of H-pyrrole nitrogens is 1. The molecule has 3 N–H and O–H groups in total. The maximum atomic E-state index is 14.4. The van der Waals surface area contributed by atoms with E-state index in [1.807, 2.05) is 0 Å². The van der Waals surface area contributed by atoms with Crippen molar-refractivity contribution >= 4 is 5.91 Å². The Morgan fingerprint density at radius 2 is 2.28 bits per heavy atom. The van der Waals surface area contributed by atoms with Crippen LogP contribution >= 0.6 is 0 Å². The van der Waals surface area contributed by atoms with E-state index in [2.05, 4.69) is 20.4 Å². The van der Waals surface area contributed by atoms with Crippen molar-refractivity contribution in [3.8, 4) is 5.69 Å². The van der Waals surface area contributed by atoms with Gasteiger partial charge in [0, 0.05) is 35.9 Å². The Hall–Kier alpha value is -3.07. The highest BCUT2D eigenvalue weighted by Gasteiger charge is 2.50. The van der Waals surface area contributed by atoms with E-state index in [1.54, 1.807) is 6.20 Å². The highest BCUT2D eigenvalue weighted by Crippen LogP contribution is 2.57. The second-order valence-electron chi connectivity index (χ2n) is 7.66. The Morgan fingerprint density at radius 1 is 1.41 bits per heavy atom. The highest BCUT2D eigenvalue weighted by molar-refractivity contribution is 5.94. The minimum atomic E-state index is -0.723. The van der Waals surface area contributed by atoms with Crippen LogP contribution in [0, 0.1) is 17.6 Å². The molecule has 150 valence electrons. The van der Waals surface area contributed by atoms with E-state index < -0.39 is 23.6 Å². The first-order valence-corrected chi connectivity index (χ1v) is 9.51. The Kier molecular flexibility index (Phi) is 4.20. The maximum Gasteiger partial charge on any atom is 0.272 e. The van der Waals surface area contributed by atoms with Gasteiger partial charge in [0.25, 0.3) is 5.91 Å². The molecule has 1 fully saturated rings. The predicted octanol–water partition coefficient (Wildman–Crippen LogP) is 1.87. The average Bonchev–Trinajstić information content (AvgIpc) is 3.04. The van der Waals surface area contributed by atoms with E-state index in [4.69, 9.17) is 0 Å². The van der Waals surface area contributed by atoms with Crippen LogP contribution in [0.15, 0.2) is 30.7 Å². The Labute approximate surface area is 164 Å². The number of aromatic nitrogens is 4. The zero-order valence-electron chi connectivity index (χ0n) is 15.4. The molecule has 29 heavy (non-hydrogen) atoms. The van der Waals surface area contributed by atoms with Crippen molar-refractivity contribution in [3.63, 3.8) is 0 Å². The molecule has 0 radical (unpaired) electrons. The molecule has 9 heteroatoms. The Morgan fingerprint density at radius 3 is 3.00 bits per heavy atom. The standard InChI is InChI=1S/C20H19F2N5O2/c21-11-1-2-17(16(22)5-11)27-19-14-3-10(14)4-15(19)18(26-27)20(29)25-13(8-28)6-12-7-23-9-24-12/h1-2,5,7,9-10,13-14,28H,3-4,6,8H2,(H,23,24)(H,25,29)/t10-,13-,14-/m1/s1. The van der Waals surface area contributed by atoms with Gasteiger partial charge < -0.3 is 15.4 Å². The summed E-state index contributed by atoms with van der Waals surface area (Å²) in [4.78, 5) is 19.8. The minimum Gasteiger partial charge on any atom is -0.394 e. The smallest absolute Gasteiger partial charge is 0.272 e. The number of aliphatic hydroxyl groups is 1. The van der Waals surface area contributed by atoms with Gasteiger partial charge in [0.1, 0.15) is 11.5 Å². The number of nitrogens with one attached hydrogen (secondary N) is 2. The zero-order valence-corrected chi connectivity index (χ0v) is 15.4. The molecule has 2 aliphatic rings. The van der Waals surface area contributed by atoms with Crippen LogP contribution in [0.1, 0.15) is 39.8 Å². The van der Waals surface area contributed by atoms with Crippen molar-refractivity contribution in [3.05, 3.63) is 65.0 Å². The lowest BCUT2D eigenvalue weighted by Gasteiger charge is -2.15. The van der Waals surface area contributed by atoms with Crippen LogP contribution in [0.25, 0.3) is 5.69 Å². The van der Waals surface area contributed by atoms with Crippen molar-refractivity contribution in [2.45, 2.75) is 31.2 Å². The number of carbonyl (C=O) groups excluding carboxylic acids is 1. The number of fused-ring (bicyclic) bond motifs is 3. The van der Waals surface area contributed by atoms with Gasteiger partial charge in [-0.3, -0.25) is 4.79 Å². The number of carbonyl (C=O) groups is 1. The van der Waals surface area contributed by atoms with Crippen molar-refractivity contribution in [1.82, 2.24) is 25.1 Å². The molecule has 0 saturated heterocycles. The molecular weight excluding hydrogens is 380 g/mol. The molecule has 0 bridgehead atoms. The second-order valence-corrected chi connectivity index (χ2v) is 7.66. The van der Waals surface area contributed by atoms with Gasteiger partial charge >= 0.3 is 0 Å². The number of aliphatic hydroxyl groups excluding tert-OH is 1. The average molecular weight is 399 g/mol. The van der Waals surface area contributed by atoms with Gasteiger partial charge in [0.05, 0.1) is 24.7 Å². The molecule has 3 atom stereocenters. The van der Waals surface area contributed by atoms with E-state index in [0.717, 1.165) is 35.9 Å². The van der Waals surface area contributed by atoms with Crippen LogP contribution in [0.2, 0.25) is 0 Å². The Bertz CT molecular complexity index is 1080. The predicted molar refractivity (Wildman–Crippen MR) is 98.7 cm³/mol. The molecule has 0 spiro atoms. The molecule has 1 amide bonds. The van der Waals surface area contributed by atoms with Crippen molar-refractivity contribution in [2.75, 3.05) is 6.61 Å². The highest BCUT2D eigenvalue weighted by atomic mass is 19.1. The summed E-state index contributed by atoms with van der Waals surface area (Å²) in [6.45, 7) is -0.245. The molecule has 2 heterocycles. The van der Waals surface area contributed by atoms with Gasteiger partial charge in [0.2, 0.25) is 0 Å². The summed E-state index contributed by atoms with van der Waals surface area (Å²) in [5.41, 5.74) is 2.80. The summed E-state index contributed by atoms with van der Waals surface area (Å²) in [7, 11) is 0. The van der Waals surface area contributed by atoms with E-state index in [-0.39, 0.29) is 23.9 Å². The van der Waals surface area contributed by atoms with Gasteiger partial charge in [-0.25, -0.2) is 18.4 Å². The van der Waals surface area contributed by atoms with Gasteiger partial charge in [-0.05, 0) is 30.9 Å². The normalized spacial score (nSPS) is 20.2. The van der Waals surface area contributed by atoms with Crippen LogP contribution in [0.3, 0.4) is 0 Å². The number of imidazole rings is 1. The summed E-state index contributed by atoms with van der Waals surface area (Å²) in [5, 5.41) is 16.8. The summed E-state index contributed by atoms with van der Waals surface area (Å²) in [5.74, 6) is -1.10. The Balaban J connectivity index is 1.46. The van der Waals surface area contributed by atoms with Crippen LogP contribution in [0.4, 0.5) is 8.78 Å². The SMILES string of the molecule is O=C(N[C@@H](CO)Cc1cnc[nH]1)c1nn(-c2ccc(F)cc2F)c2c1C[C@H]1C[C@@H]21. The lowest BCUT2D eigenvalue weighted by molar-refractivity contribution is 0.0909. The van der Waals surface area contributed by atoms with E-state index in [0.29, 0.717) is 12.3 Å². The lowest BCUT2D eigenvalue weighted by Crippen LogP contribution is -2.39. The number of halogens is 2. The third kappa shape index (κ3) is 3.11. The zero-order chi connectivity index (χ0) is 20.1. The molecular formula is C20H19F2N5O2. The number of hydrogen-bond acceptors (Lipinski definition) is 4. The quantitative estimate of drug-likeness (QED) is 0.590. The third-order valence-corrected chi connectivity index (χ3v) is 5.69. The van der Waals surface area contributed by atoms with Crippen LogP contribution in [0.5, 0.6) is 0 Å². The van der Waals surface area contributed by atoms with Crippen LogP contribution < -0.4 is 5.32 Å². The third-order valence-electron chi connectivity index (χ3n) is 5.69. The summed E-state index contributed by atoms with van der Waals surface area (Å²) in [6, 6.07) is 2.82. The van der Waals surface area contributed by atoms with Gasteiger partial charge in [-0.1, -0.05) is 0 Å². The summed E-state index contributed by atoms with van der Waals surface area (Å²) >= 11 is 0. The first kappa shape index (κ1) is 18.0. The summed E-state index contributed by atoms with van der Waals surface area (Å²) < 4.78 is 29.2. The summed E-state index contributed by atoms with van der Waals surface area (Å²) in [6.07, 6.45) is 5.26. The van der Waals surface area contributed by atoms with Crippen molar-refractivity contribution in [1.29, 1.82) is 0 Å². The first-order valence-electron chi connectivity index (χ1n) is 9.51. The fourth-order valence-electron chi connectivity index (χ4n) is 4.21. The minimum absolute atomic E-state index is 0.130. The number of benzene rings is 1. The fourth-order valence-corrected chi connectivity index (χ4v) is 4.21. The largest absolute Gasteiger partial charge is 0.394 e. The monoisotopic (exact) mass is 399 g/mol. The molecule has 0 unspecified atom stereocenters. The number of aromatic amines is 1. The number of hydrogen-bond donors (Lipinski definition) is 3. The fraction of sp³-hybridized carbons (Fsp3) is 0.350. The van der Waals surface area contributed by atoms with E-state index in [9.17, 15) is 18.7 Å². The molecule has 2 aliphatic carbocycles. The first-order chi connectivity index (χ1) is 14.0. The van der Waals surface area contributed by atoms with E-state index >= 15 is 0 Å². The van der Waals surface area contributed by atoms with E-state index in [1.165, 1.54) is 23.1 Å². The van der Waals surface area contributed by atoms with Gasteiger partial charge in [-0.2, -0.15) is 5.10 Å². The van der Waals surface area contributed by atoms with Crippen molar-refractivity contribution in [2.24, 2.45) is 5.92 Å². The number of nitrogens with zero attached hydrogens (tertiary/aromatic N) is 3. The number of amides is 1. The molecule has 7 nitrogen and oxygen atoms in total. The van der Waals surface area contributed by atoms with Crippen LogP contribution in [-0.4, -0.2) is 43.4 Å². The lowest BCUT2D eigenvalue weighted by atomic mass is 10.1. The molecule has 3 aromatic rings. The molecule has 1 saturated carbocycles. The topological polar surface area (TPSA) is 95.8 Å². The second kappa shape index (κ2) is 6.77. The van der Waals surface area contributed by atoms with Gasteiger partial charge in [-0.15, -0.1) is 0 Å². The molecule has 2 aromatic heterocycles. The van der Waals surface area contributed by atoms with Crippen LogP contribution in [-0.2, 0) is 12.8 Å². The molecule has 5 rings (SSSR count). The maximum absolute atomic E-state index is 14.4. The molecule has 0 aliphatic heterocycles. The van der Waals surface area contributed by atoms with Gasteiger partial charge in [0.15, 0.2) is 11.5 Å². The van der Waals surface area contributed by atoms with Crippen molar-refractivity contribution < 1.29 is 18.7 Å². The number of rotatable bonds is 6.